The molecule has 1 aromatic carbocycles. The van der Waals surface area contributed by atoms with Crippen LogP contribution < -0.4 is 10.6 Å². The van der Waals surface area contributed by atoms with Crippen LogP contribution >= 0.6 is 22.9 Å². The Morgan fingerprint density at radius 3 is 2.47 bits per heavy atom. The Kier molecular flexibility index (Phi) is 20.2. The maximum Gasteiger partial charge on any atom is 0.262 e. The zero-order valence-electron chi connectivity index (χ0n) is 39.3. The molecule has 3 aromatic heterocycles. The largest absolute Gasteiger partial charge is 0.394 e. The first kappa shape index (κ1) is 51.5. The molecule has 0 bridgehead atoms. The molecule has 0 saturated carbocycles. The summed E-state index contributed by atoms with van der Waals surface area (Å²) in [5, 5.41) is 30.1. The van der Waals surface area contributed by atoms with Crippen molar-refractivity contribution in [2.45, 2.75) is 84.9 Å². The molecule has 2 aliphatic rings. The van der Waals surface area contributed by atoms with Gasteiger partial charge in [0.1, 0.15) is 35.1 Å². The van der Waals surface area contributed by atoms with E-state index in [1.54, 1.807) is 23.6 Å². The number of amides is 2. The van der Waals surface area contributed by atoms with Gasteiger partial charge in [0.15, 0.2) is 5.82 Å². The lowest BCUT2D eigenvalue weighted by Crippen LogP contribution is -2.37. The Bertz CT molecular complexity index is 2530. The van der Waals surface area contributed by atoms with Gasteiger partial charge in [0.05, 0.1) is 82.4 Å². The van der Waals surface area contributed by atoms with Crippen molar-refractivity contribution in [2.75, 3.05) is 59.4 Å². The van der Waals surface area contributed by atoms with Gasteiger partial charge in [-0.1, -0.05) is 73.5 Å². The third-order valence-corrected chi connectivity index (χ3v) is 12.6. The number of hydrogen-bond donors (Lipinski definition) is 2. The third kappa shape index (κ3) is 14.6. The highest BCUT2D eigenvalue weighted by Crippen LogP contribution is 2.39. The van der Waals surface area contributed by atoms with Crippen LogP contribution in [-0.2, 0) is 39.8 Å². The highest BCUT2D eigenvalue weighted by molar-refractivity contribution is 7.15. The van der Waals surface area contributed by atoms with Crippen LogP contribution in [0.5, 0.6) is 0 Å². The monoisotopic (exact) mass is 965 g/mol. The summed E-state index contributed by atoms with van der Waals surface area (Å²) in [5.41, 5.74) is 6.33. The van der Waals surface area contributed by atoms with Gasteiger partial charge in [0.25, 0.3) is 5.91 Å². The van der Waals surface area contributed by atoms with Crippen molar-refractivity contribution in [1.29, 1.82) is 5.26 Å². The van der Waals surface area contributed by atoms with E-state index in [-0.39, 0.29) is 43.3 Å². The molecule has 18 heteroatoms. The fourth-order valence-electron chi connectivity index (χ4n) is 7.50. The molecule has 2 amide bonds. The van der Waals surface area contributed by atoms with Gasteiger partial charge in [0, 0.05) is 33.3 Å². The second-order valence-corrected chi connectivity index (χ2v) is 17.6. The minimum atomic E-state index is -0.548. The smallest absolute Gasteiger partial charge is 0.262 e. The molecule has 4 heterocycles. The van der Waals surface area contributed by atoms with Crippen molar-refractivity contribution in [1.82, 2.24) is 30.4 Å². The van der Waals surface area contributed by atoms with Crippen LogP contribution in [0.3, 0.4) is 0 Å². The number of pyridine rings is 1. The minimum absolute atomic E-state index is 0.0151. The van der Waals surface area contributed by atoms with E-state index in [2.05, 4.69) is 57.8 Å². The second kappa shape index (κ2) is 26.6. The molecule has 1 aliphatic carbocycles. The van der Waals surface area contributed by atoms with Gasteiger partial charge in [0.2, 0.25) is 5.91 Å². The quantitative estimate of drug-likeness (QED) is 0.0208. The van der Waals surface area contributed by atoms with Crippen LogP contribution in [-0.4, -0.2) is 115 Å². The summed E-state index contributed by atoms with van der Waals surface area (Å²) in [5.74, 6) is 0.773. The molecule has 16 nitrogen and oxygen atoms in total. The van der Waals surface area contributed by atoms with Crippen LogP contribution in [0.15, 0.2) is 82.0 Å². The number of halogens is 1. The number of aryl methyl sites for hydroxylation is 3. The number of fused-ring (bicyclic) bond motifs is 3. The number of carbonyl (C=O) groups excluding carboxylic acids is 2. The van der Waals surface area contributed by atoms with E-state index in [4.69, 9.17) is 40.4 Å². The lowest BCUT2D eigenvalue weighted by molar-refractivity contribution is -0.121. The number of nitrogens with one attached hydrogen (secondary N) is 2. The highest BCUT2D eigenvalue weighted by Gasteiger charge is 2.32. The lowest BCUT2D eigenvalue weighted by atomic mass is 9.95. The number of benzene rings is 1. The Balaban J connectivity index is 0.794. The predicted molar refractivity (Wildman–Crippen MR) is 263 cm³/mol. The van der Waals surface area contributed by atoms with Crippen LogP contribution in [0.1, 0.15) is 90.2 Å². The topological polar surface area (TPSA) is 196 Å². The molecule has 0 radical (unpaired) electrons. The third-order valence-electron chi connectivity index (χ3n) is 11.1. The van der Waals surface area contributed by atoms with Crippen LogP contribution in [0, 0.1) is 32.1 Å². The molecule has 68 heavy (non-hydrogen) atoms. The SMILES string of the molecule is CCC[C@H](NC(=O)/C(C#N)=C/c1cccc(CC)n1)C1=CCC(OC/C=N/OCCOCCOCCOCCNC(=O)C[C@@H]2N=C(c3ccc(Cl)cc3)c3c(sc(C)c3C)-n3c(C)nnc32)C=C1. The summed E-state index contributed by atoms with van der Waals surface area (Å²) in [7, 11) is 0. The van der Waals surface area contributed by atoms with Crippen LogP contribution in [0.2, 0.25) is 5.02 Å². The van der Waals surface area contributed by atoms with Gasteiger partial charge in [-0.05, 0) is 81.5 Å². The average Bonchev–Trinajstić information content (AvgIpc) is 3.83. The fraction of sp³-hybridized carbons (Fsp3) is 0.440. The molecular formula is C50H60ClN9O7S. The molecule has 0 fully saturated rings. The van der Waals surface area contributed by atoms with Crippen molar-refractivity contribution < 1.29 is 33.4 Å². The van der Waals surface area contributed by atoms with Crippen molar-refractivity contribution >= 4 is 52.8 Å². The van der Waals surface area contributed by atoms with Gasteiger partial charge in [-0.2, -0.15) is 5.26 Å². The summed E-state index contributed by atoms with van der Waals surface area (Å²) in [6, 6.07) is 14.4. The fourth-order valence-corrected chi connectivity index (χ4v) is 8.84. The Hall–Kier alpha value is -5.87. The number of nitrogens with zero attached hydrogens (tertiary/aromatic N) is 7. The first-order valence-corrected chi connectivity index (χ1v) is 24.2. The molecule has 0 spiro atoms. The van der Waals surface area contributed by atoms with Gasteiger partial charge in [-0.15, -0.1) is 21.5 Å². The summed E-state index contributed by atoms with van der Waals surface area (Å²) in [6.07, 6.45) is 12.0. The second-order valence-electron chi connectivity index (χ2n) is 16.0. The summed E-state index contributed by atoms with van der Waals surface area (Å²) < 4.78 is 24.7. The Morgan fingerprint density at radius 2 is 1.76 bits per heavy atom. The van der Waals surface area contributed by atoms with Crippen LogP contribution in [0.25, 0.3) is 11.1 Å². The summed E-state index contributed by atoms with van der Waals surface area (Å²) in [6.45, 7) is 13.3. The number of aliphatic imine (C=N–C) groups is 1. The van der Waals surface area contributed by atoms with Crippen molar-refractivity contribution in [2.24, 2.45) is 10.1 Å². The first-order valence-electron chi connectivity index (χ1n) is 23.0. The molecule has 6 rings (SSSR count). The summed E-state index contributed by atoms with van der Waals surface area (Å²) in [4.78, 5) is 42.4. The Labute approximate surface area is 407 Å². The normalized spacial score (nSPS) is 16.0. The number of oxime groups is 1. The highest BCUT2D eigenvalue weighted by atomic mass is 35.5. The number of carbonyl (C=O) groups is 2. The molecule has 2 N–H and O–H groups in total. The number of thiophene rings is 1. The lowest BCUT2D eigenvalue weighted by Gasteiger charge is -2.23. The van der Waals surface area contributed by atoms with Crippen LogP contribution in [0.4, 0.5) is 0 Å². The van der Waals surface area contributed by atoms with Gasteiger partial charge in [-0.25, -0.2) is 0 Å². The summed E-state index contributed by atoms with van der Waals surface area (Å²) >= 11 is 7.89. The molecular weight excluding hydrogens is 906 g/mol. The van der Waals surface area contributed by atoms with E-state index in [1.807, 2.05) is 73.0 Å². The van der Waals surface area contributed by atoms with E-state index in [0.29, 0.717) is 69.1 Å². The standard InChI is InChI=1S/C50H60ClN9O7S/c1-6-9-43(57-49(62)38(32-52)30-41-11-8-10-40(7-2)55-41)36-14-18-42(19-15-36)66-23-21-54-67-29-28-65-27-26-64-25-24-63-22-20-53-45(61)31-44-48-59-58-35(5)60(48)50-46(33(3)34(4)68-50)47(56-44)37-12-16-39(51)17-13-37/h8,10-18,21,30,42-44H,6-7,9,19-20,22-29,31H2,1-5H3,(H,53,61)(H,57,62)/b38-30+,54-21+/t42?,43-,44-/m0/s1. The van der Waals surface area contributed by atoms with Crippen molar-refractivity contribution in [3.8, 4) is 11.1 Å². The molecule has 4 aromatic rings. The molecule has 360 valence electrons. The molecule has 3 atom stereocenters. The number of hydrogen-bond acceptors (Lipinski definition) is 14. The van der Waals surface area contributed by atoms with Crippen molar-refractivity contribution in [3.05, 3.63) is 121 Å². The number of aromatic nitrogens is 4. The number of ether oxygens (including phenoxy) is 4. The predicted octanol–water partition coefficient (Wildman–Crippen LogP) is 7.48. The van der Waals surface area contributed by atoms with Gasteiger partial charge < -0.3 is 34.4 Å². The first-order chi connectivity index (χ1) is 33.1. The maximum absolute atomic E-state index is 13.2. The van der Waals surface area contributed by atoms with E-state index in [0.717, 1.165) is 63.8 Å². The molecule has 0 saturated heterocycles. The van der Waals surface area contributed by atoms with E-state index in [1.165, 1.54) is 11.0 Å². The van der Waals surface area contributed by atoms with E-state index in [9.17, 15) is 14.9 Å². The maximum atomic E-state index is 13.2. The zero-order valence-corrected chi connectivity index (χ0v) is 40.9. The minimum Gasteiger partial charge on any atom is -0.394 e. The average molecular weight is 967 g/mol. The Morgan fingerprint density at radius 1 is 1.01 bits per heavy atom. The zero-order chi connectivity index (χ0) is 48.3. The molecule has 1 aliphatic heterocycles. The van der Waals surface area contributed by atoms with E-state index < -0.39 is 11.9 Å². The number of rotatable bonds is 26. The van der Waals surface area contributed by atoms with E-state index >= 15 is 0 Å². The number of nitriles is 1. The molecule has 1 unspecified atom stereocenters. The van der Waals surface area contributed by atoms with Gasteiger partial charge >= 0.3 is 0 Å². The van der Waals surface area contributed by atoms with Gasteiger partial charge in [-0.3, -0.25) is 24.1 Å². The van der Waals surface area contributed by atoms with Crippen molar-refractivity contribution in [3.63, 3.8) is 0 Å².